The van der Waals surface area contributed by atoms with Crippen molar-refractivity contribution in [3.05, 3.63) is 14.9 Å². The first-order valence-electron chi connectivity index (χ1n) is 7.98. The Hall–Kier alpha value is 0.949. The van der Waals surface area contributed by atoms with Crippen LogP contribution >= 0.6 is 7.26 Å². The van der Waals surface area contributed by atoms with Gasteiger partial charge in [0.15, 0.2) is 0 Å². The van der Waals surface area contributed by atoms with Gasteiger partial charge in [-0.1, -0.05) is 39.0 Å². The average Bonchev–Trinajstić information content (AvgIpc) is 3.01. The smallest absolute Gasteiger partial charge is 0.358 e. The molecule has 0 aliphatic heterocycles. The van der Waals surface area contributed by atoms with Gasteiger partial charge in [0.05, 0.1) is 18.0 Å². The first-order chi connectivity index (χ1) is 8.14. The van der Waals surface area contributed by atoms with Crippen LogP contribution in [0, 0.1) is 20.8 Å². The molecule has 2 saturated carbocycles. The van der Waals surface area contributed by atoms with Crippen LogP contribution in [0.1, 0.15) is 72.1 Å². The Morgan fingerprint density at radius 3 is 1.45 bits per heavy atom. The third-order valence-corrected chi connectivity index (χ3v) is 10.6. The van der Waals surface area contributed by atoms with Crippen molar-refractivity contribution in [2.75, 3.05) is 19.0 Å². The van der Waals surface area contributed by atoms with E-state index in [0.717, 1.165) is 11.6 Å². The van der Waals surface area contributed by atoms with E-state index in [1.165, 1.54) is 63.7 Å². The number of rotatable bonds is 3. The van der Waals surface area contributed by atoms with Crippen molar-refractivity contribution < 1.29 is 17.1 Å². The zero-order valence-corrected chi connectivity index (χ0v) is 17.0. The standard InChI is InChI=1S/C11H24P.C5H10.2CH3.Fe/c1-5-12(4,6-2)11-9-7-8-10(11)3;1-2-4-5-3-1;;;/h10-11H,5-9H2,1-4H3;1-5H2;2*1H3;/q+1;;2*-1;+2. The van der Waals surface area contributed by atoms with Gasteiger partial charge in [0, 0.05) is 13.9 Å². The van der Waals surface area contributed by atoms with Gasteiger partial charge >= 0.3 is 17.1 Å². The maximum absolute atomic E-state index is 2.60. The average molecular weight is 343 g/mol. The van der Waals surface area contributed by atoms with Crippen molar-refractivity contribution in [2.24, 2.45) is 5.92 Å². The number of hydrogen-bond donors (Lipinski definition) is 0. The summed E-state index contributed by atoms with van der Waals surface area (Å²) >= 11 is 0. The molecule has 2 rings (SSSR count). The summed E-state index contributed by atoms with van der Waals surface area (Å²) in [5.74, 6) is 1.03. The van der Waals surface area contributed by atoms with E-state index in [4.69, 9.17) is 0 Å². The fourth-order valence-electron chi connectivity index (χ4n) is 3.63. The van der Waals surface area contributed by atoms with Gasteiger partial charge in [-0.25, -0.2) is 0 Å². The molecular formula is C18H40FeP+. The second-order valence-corrected chi connectivity index (χ2v) is 11.2. The summed E-state index contributed by atoms with van der Waals surface area (Å²) in [6, 6.07) is 0. The molecule has 0 N–H and O–H groups in total. The summed E-state index contributed by atoms with van der Waals surface area (Å²) in [5, 5.41) is 0. The van der Waals surface area contributed by atoms with Crippen LogP contribution in [0.25, 0.3) is 0 Å². The third kappa shape index (κ3) is 7.82. The third-order valence-electron chi connectivity index (χ3n) is 5.31. The van der Waals surface area contributed by atoms with Gasteiger partial charge < -0.3 is 14.9 Å². The molecule has 20 heavy (non-hydrogen) atoms. The topological polar surface area (TPSA) is 0 Å². The van der Waals surface area contributed by atoms with Crippen LogP contribution in [0.4, 0.5) is 0 Å². The normalized spacial score (nSPS) is 24.6. The van der Waals surface area contributed by atoms with E-state index in [2.05, 4.69) is 27.4 Å². The Morgan fingerprint density at radius 1 is 0.800 bits per heavy atom. The van der Waals surface area contributed by atoms with Crippen LogP contribution in [0.15, 0.2) is 0 Å². The predicted octanol–water partition coefficient (Wildman–Crippen LogP) is 6.71. The Morgan fingerprint density at radius 2 is 1.20 bits per heavy atom. The molecular weight excluding hydrogens is 303 g/mol. The number of hydrogen-bond acceptors (Lipinski definition) is 0. The first kappa shape index (κ1) is 25.9. The monoisotopic (exact) mass is 343 g/mol. The SMILES string of the molecule is C1CCCC1.CC[P+](C)(CC)C1CCCC1C.[CH3-].[CH3-].[Fe+2]. The van der Waals surface area contributed by atoms with Gasteiger partial charge in [-0.3, -0.25) is 0 Å². The molecule has 2 unspecified atom stereocenters. The van der Waals surface area contributed by atoms with Crippen LogP contribution in [-0.2, 0) is 17.1 Å². The predicted molar refractivity (Wildman–Crippen MR) is 96.6 cm³/mol. The second-order valence-electron chi connectivity index (χ2n) is 6.36. The fraction of sp³-hybridized carbons (Fsp3) is 0.889. The largest absolute Gasteiger partial charge is 2.00 e. The van der Waals surface area contributed by atoms with Crippen molar-refractivity contribution in [2.45, 2.75) is 77.8 Å². The molecule has 0 heterocycles. The van der Waals surface area contributed by atoms with Gasteiger partial charge in [-0.15, -0.1) is 0 Å². The zero-order chi connectivity index (χ0) is 12.7. The Bertz CT molecular complexity index is 190. The quantitative estimate of drug-likeness (QED) is 0.303. The van der Waals surface area contributed by atoms with Crippen LogP contribution in [0.3, 0.4) is 0 Å². The summed E-state index contributed by atoms with van der Waals surface area (Å²) in [7, 11) is -0.535. The van der Waals surface area contributed by atoms with Gasteiger partial charge in [-0.05, 0) is 39.0 Å². The maximum atomic E-state index is 2.60. The van der Waals surface area contributed by atoms with E-state index in [-0.39, 0.29) is 31.9 Å². The molecule has 124 valence electrons. The molecule has 2 atom stereocenters. The molecule has 2 aliphatic rings. The molecule has 0 radical (unpaired) electrons. The molecule has 2 heteroatoms. The minimum Gasteiger partial charge on any atom is -0.358 e. The minimum absolute atomic E-state index is 0. The molecule has 0 aromatic carbocycles. The van der Waals surface area contributed by atoms with Crippen molar-refractivity contribution in [1.29, 1.82) is 0 Å². The molecule has 0 amide bonds. The van der Waals surface area contributed by atoms with Crippen LogP contribution < -0.4 is 0 Å². The van der Waals surface area contributed by atoms with Crippen LogP contribution in [0.2, 0.25) is 0 Å². The van der Waals surface area contributed by atoms with E-state index in [9.17, 15) is 0 Å². The molecule has 0 spiro atoms. The molecule has 0 saturated heterocycles. The first-order valence-corrected chi connectivity index (χ1v) is 10.7. The van der Waals surface area contributed by atoms with E-state index in [1.807, 2.05) is 0 Å². The molecule has 2 fully saturated rings. The van der Waals surface area contributed by atoms with E-state index in [1.54, 1.807) is 0 Å². The van der Waals surface area contributed by atoms with Crippen molar-refractivity contribution in [1.82, 2.24) is 0 Å². The van der Waals surface area contributed by atoms with E-state index < -0.39 is 7.26 Å². The second kappa shape index (κ2) is 13.6. The molecule has 0 aromatic heterocycles. The van der Waals surface area contributed by atoms with E-state index >= 15 is 0 Å². The molecule has 0 aromatic rings. The maximum Gasteiger partial charge on any atom is 2.00 e. The summed E-state index contributed by atoms with van der Waals surface area (Å²) in [6.07, 6.45) is 15.0. The van der Waals surface area contributed by atoms with Gasteiger partial charge in [-0.2, -0.15) is 0 Å². The molecule has 2 aliphatic carbocycles. The summed E-state index contributed by atoms with van der Waals surface area (Å²) in [6.45, 7) is 9.88. The van der Waals surface area contributed by atoms with Gasteiger partial charge in [0.2, 0.25) is 0 Å². The van der Waals surface area contributed by atoms with Crippen molar-refractivity contribution >= 4 is 7.26 Å². The zero-order valence-electron chi connectivity index (χ0n) is 15.0. The summed E-state index contributed by atoms with van der Waals surface area (Å²) < 4.78 is 0. The van der Waals surface area contributed by atoms with Gasteiger partial charge in [0.25, 0.3) is 0 Å². The van der Waals surface area contributed by atoms with Crippen LogP contribution in [-0.4, -0.2) is 24.6 Å². The van der Waals surface area contributed by atoms with Crippen molar-refractivity contribution in [3.8, 4) is 0 Å². The Balaban J connectivity index is -0.000000312. The molecule has 0 nitrogen and oxygen atoms in total. The Kier molecular flexibility index (Phi) is 17.6. The molecule has 0 bridgehead atoms. The summed E-state index contributed by atoms with van der Waals surface area (Å²) in [5.41, 5.74) is 1.12. The van der Waals surface area contributed by atoms with Crippen molar-refractivity contribution in [3.63, 3.8) is 0 Å². The minimum atomic E-state index is -0.535. The summed E-state index contributed by atoms with van der Waals surface area (Å²) in [4.78, 5) is 0. The van der Waals surface area contributed by atoms with Gasteiger partial charge in [0.1, 0.15) is 0 Å². The van der Waals surface area contributed by atoms with Crippen LogP contribution in [0.5, 0.6) is 0 Å². The Labute approximate surface area is 142 Å². The fourth-order valence-corrected chi connectivity index (χ4v) is 7.20. The van der Waals surface area contributed by atoms with E-state index in [0.29, 0.717) is 0 Å².